The van der Waals surface area contributed by atoms with E-state index in [1.165, 1.54) is 0 Å². The minimum atomic E-state index is -0.0987. The fourth-order valence-electron chi connectivity index (χ4n) is 11.2. The number of H-pyrrole nitrogens is 2. The van der Waals surface area contributed by atoms with Crippen LogP contribution in [0.15, 0.2) is 216 Å². The first-order chi connectivity index (χ1) is 42.8. The summed E-state index contributed by atoms with van der Waals surface area (Å²) in [5.74, 6) is -0.395. The molecule has 0 saturated carbocycles. The molecule has 0 radical (unpaired) electrons. The molecule has 13 rings (SSSR count). The van der Waals surface area contributed by atoms with Crippen molar-refractivity contribution in [1.82, 2.24) is 38.2 Å². The lowest BCUT2D eigenvalue weighted by Crippen LogP contribution is -2.24. The number of benzene rings is 4. The molecule has 0 amide bonds. The van der Waals surface area contributed by atoms with Crippen LogP contribution in [0.5, 0.6) is 0 Å². The minimum Gasteiger partial charge on any atom is -0.494 e. The van der Waals surface area contributed by atoms with E-state index in [0.717, 1.165) is 0 Å². The monoisotopic (exact) mass is 1170 g/mol. The Kier molecular flexibility index (Phi) is 14.9. The molecule has 2 aliphatic heterocycles. The van der Waals surface area contributed by atoms with E-state index in [1.54, 1.807) is 0 Å². The number of fused-ring (bicyclic) bond motifs is 8. The summed E-state index contributed by atoms with van der Waals surface area (Å²) < 4.78 is 15.0. The largest absolute Gasteiger partial charge is 0.494 e. The summed E-state index contributed by atoms with van der Waals surface area (Å²) in [6.07, 6.45) is 30.5. The fraction of sp³-hybridized carbons (Fsp3) is 0.118. The molecule has 0 atom stereocenters. The number of nitrogens with zero attached hydrogens (tertiary/aromatic N) is 14. The van der Waals surface area contributed by atoms with Gasteiger partial charge in [0.2, 0.25) is 48.9 Å². The van der Waals surface area contributed by atoms with E-state index in [9.17, 15) is 20.4 Å². The Labute approximate surface area is 505 Å². The lowest BCUT2D eigenvalue weighted by molar-refractivity contribution is -0.671. The summed E-state index contributed by atoms with van der Waals surface area (Å²) in [5, 5.41) is 46.4. The predicted octanol–water partition coefficient (Wildman–Crippen LogP) is 11.0. The Bertz CT molecular complexity index is 4290. The second kappa shape index (κ2) is 23.7. The lowest BCUT2D eigenvalue weighted by Gasteiger charge is -2.11. The summed E-state index contributed by atoms with van der Waals surface area (Å²) in [6, 6.07) is 38.7. The van der Waals surface area contributed by atoms with E-state index in [-0.39, 0.29) is 49.8 Å². The number of imidazole rings is 4. The number of aliphatic hydroxyl groups is 4. The quantitative estimate of drug-likeness (QED) is 0.0313. The van der Waals surface area contributed by atoms with Crippen LogP contribution in [0.1, 0.15) is 22.8 Å². The molecule has 20 heteroatoms. The number of rotatable bonds is 16. The van der Waals surface area contributed by atoms with E-state index in [1.807, 2.05) is 285 Å². The average molecular weight is 1170 g/mol. The van der Waals surface area contributed by atoms with Crippen LogP contribution in [0.4, 0.5) is 22.7 Å². The average Bonchev–Trinajstić information content (AvgIpc) is 2.52. The SMILES string of the molecule is C[n+]1ccn(CC(O)=Nc2ccccc2-c2c3nc(c(-c4ccccc4N=C(O)Cn4cc[n+](C)c4)c4ccc([nH]4)c(-c4ccccc4N=C(O)Cn4cc[n+](C)c4)c4nc(c(-c5ccccc5N=C(O)Cn5cc[n+](C)c5)c5ccc2[nH]5)C=C4)C=C3)c1. The van der Waals surface area contributed by atoms with Gasteiger partial charge in [-0.15, -0.1) is 0 Å². The number of nitrogens with one attached hydrogen (secondary N) is 2. The normalized spacial score (nSPS) is 12.9. The van der Waals surface area contributed by atoms with Crippen molar-refractivity contribution in [3.63, 3.8) is 0 Å². The van der Waals surface area contributed by atoms with Gasteiger partial charge in [0.1, 0.15) is 49.6 Å². The second-order valence-corrected chi connectivity index (χ2v) is 21.7. The molecule has 0 spiro atoms. The summed E-state index contributed by atoms with van der Waals surface area (Å²) in [4.78, 5) is 38.2. The first kappa shape index (κ1) is 55.4. The first-order valence-corrected chi connectivity index (χ1v) is 28.5. The van der Waals surface area contributed by atoms with Gasteiger partial charge >= 0.3 is 0 Å². The lowest BCUT2D eigenvalue weighted by atomic mass is 10.0. The van der Waals surface area contributed by atoms with E-state index >= 15 is 0 Å². The highest BCUT2D eigenvalue weighted by molar-refractivity contribution is 6.04. The maximum absolute atomic E-state index is 11.6. The molecular weight excluding hydrogens is 1100 g/mol. The zero-order chi connectivity index (χ0) is 60.4. The van der Waals surface area contributed by atoms with Crippen LogP contribution in [0.2, 0.25) is 0 Å². The molecule has 0 fully saturated rings. The van der Waals surface area contributed by atoms with Crippen LogP contribution in [0.3, 0.4) is 0 Å². The zero-order valence-corrected chi connectivity index (χ0v) is 48.7. The number of aliphatic imine (C=N–C) groups is 4. The molecule has 6 N–H and O–H groups in total. The van der Waals surface area contributed by atoms with Gasteiger partial charge in [-0.25, -0.2) is 66.5 Å². The molecule has 8 bridgehead atoms. The third kappa shape index (κ3) is 11.7. The van der Waals surface area contributed by atoms with E-state index in [2.05, 4.69) is 9.97 Å². The number of aryl methyl sites for hydroxylation is 4. The molecule has 434 valence electrons. The van der Waals surface area contributed by atoms with Crippen LogP contribution in [-0.2, 0) is 54.4 Å². The molecule has 20 nitrogen and oxygen atoms in total. The Morgan fingerprint density at radius 3 is 0.795 bits per heavy atom. The molecular formula is C68H62N16O4+4. The highest BCUT2D eigenvalue weighted by Crippen LogP contribution is 2.44. The number of hydrogen-bond donors (Lipinski definition) is 6. The molecule has 11 aromatic rings. The van der Waals surface area contributed by atoms with Gasteiger partial charge in [0.15, 0.2) is 26.2 Å². The van der Waals surface area contributed by atoms with Crippen LogP contribution in [-0.4, -0.2) is 82.2 Å². The standard InChI is InChI=1S/C68H58N16O4/c1-77-29-33-81(41-77)37-61(85)73-49-17-9-5-13-45(49)65-53-21-23-55(69-53)66(46-14-6-10-18-50(46)74-62(86)38-82-34-30-78(2)42-82)57-25-27-59(71-57)68(48-16-8-12-20-52(48)76-64(88)40-84-36-32-80(4)44-84)60-28-26-58(72-60)67(56-24-22-54(65)70-56)47-15-7-11-19-51(47)75-63(87)39-83-35-31-79(3)43-83/h5-36,41-44H,37-40H2,1-4H3,(H2-4,69,70,71,72,73,74,75,76,85,86,87,88)/p+4. The van der Waals surface area contributed by atoms with Gasteiger partial charge in [0, 0.05) is 66.6 Å². The smallest absolute Gasteiger partial charge is 0.243 e. The first-order valence-electron chi connectivity index (χ1n) is 28.5. The molecule has 0 aliphatic carbocycles. The summed E-state index contributed by atoms with van der Waals surface area (Å²) in [5.41, 5.74) is 12.5. The molecule has 2 aliphatic rings. The Morgan fingerprint density at radius 2 is 0.580 bits per heavy atom. The molecule has 7 aromatic heterocycles. The van der Waals surface area contributed by atoms with Crippen LogP contribution >= 0.6 is 0 Å². The van der Waals surface area contributed by atoms with Gasteiger partial charge in [-0.1, -0.05) is 72.8 Å². The second-order valence-electron chi connectivity index (χ2n) is 21.7. The number of aromatic amines is 2. The fourth-order valence-corrected chi connectivity index (χ4v) is 11.2. The van der Waals surface area contributed by atoms with Gasteiger partial charge in [-0.05, 0) is 72.8 Å². The number of hydrogen-bond acceptors (Lipinski definition) is 6. The third-order valence-corrected chi connectivity index (χ3v) is 15.0. The molecule has 88 heavy (non-hydrogen) atoms. The van der Waals surface area contributed by atoms with E-state index in [0.29, 0.717) is 112 Å². The van der Waals surface area contributed by atoms with Crippen molar-refractivity contribution in [3.8, 4) is 44.5 Å². The van der Waals surface area contributed by atoms with Crippen molar-refractivity contribution in [2.45, 2.75) is 26.2 Å². The predicted molar refractivity (Wildman–Crippen MR) is 342 cm³/mol. The Hall–Kier alpha value is -11.8. The van der Waals surface area contributed by atoms with E-state index in [4.69, 9.17) is 29.9 Å². The molecule has 4 aromatic carbocycles. The number of aromatic nitrogens is 12. The molecule has 0 unspecified atom stereocenters. The third-order valence-electron chi connectivity index (χ3n) is 15.0. The topological polar surface area (TPSA) is 223 Å². The highest BCUT2D eigenvalue weighted by atomic mass is 16.3. The van der Waals surface area contributed by atoms with E-state index < -0.39 is 0 Å². The number of aliphatic hydroxyl groups excluding tert-OH is 4. The summed E-state index contributed by atoms with van der Waals surface area (Å²) in [6.45, 7) is 0.540. The van der Waals surface area contributed by atoms with Crippen molar-refractivity contribution in [2.75, 3.05) is 0 Å². The van der Waals surface area contributed by atoms with Gasteiger partial charge in [0.05, 0.1) is 73.7 Å². The summed E-state index contributed by atoms with van der Waals surface area (Å²) >= 11 is 0. The van der Waals surface area contributed by atoms with Crippen LogP contribution < -0.4 is 18.3 Å². The van der Waals surface area contributed by atoms with Crippen molar-refractivity contribution >= 4 is 92.7 Å². The van der Waals surface area contributed by atoms with Gasteiger partial charge < -0.3 is 30.4 Å². The molecule has 0 saturated heterocycles. The highest BCUT2D eigenvalue weighted by Gasteiger charge is 2.24. The van der Waals surface area contributed by atoms with Crippen molar-refractivity contribution in [1.29, 1.82) is 0 Å². The molecule has 9 heterocycles. The van der Waals surface area contributed by atoms with Crippen LogP contribution in [0, 0.1) is 0 Å². The summed E-state index contributed by atoms with van der Waals surface area (Å²) in [7, 11) is 7.67. The zero-order valence-electron chi connectivity index (χ0n) is 48.7. The Morgan fingerprint density at radius 1 is 0.352 bits per heavy atom. The van der Waals surface area contributed by atoms with Crippen LogP contribution in [0.25, 0.3) is 90.9 Å². The van der Waals surface area contributed by atoms with Crippen molar-refractivity contribution in [3.05, 3.63) is 219 Å². The minimum absolute atomic E-state index is 0.0987. The Balaban J connectivity index is 1.12. The van der Waals surface area contributed by atoms with Gasteiger partial charge in [-0.2, -0.15) is 0 Å². The maximum atomic E-state index is 11.6. The maximum Gasteiger partial charge on any atom is 0.243 e. The van der Waals surface area contributed by atoms with Crippen molar-refractivity contribution in [2.24, 2.45) is 48.2 Å². The van der Waals surface area contributed by atoms with Gasteiger partial charge in [0.25, 0.3) is 0 Å². The van der Waals surface area contributed by atoms with Gasteiger partial charge in [-0.3, -0.25) is 0 Å². The number of para-hydroxylation sites is 4. The van der Waals surface area contributed by atoms with Crippen molar-refractivity contribution < 1.29 is 38.7 Å².